The molecule has 0 spiro atoms. The fourth-order valence-electron chi connectivity index (χ4n) is 6.27. The summed E-state index contributed by atoms with van der Waals surface area (Å²) in [6, 6.07) is 18.0. The Morgan fingerprint density at radius 3 is 1.57 bits per heavy atom. The van der Waals surface area contributed by atoms with E-state index in [0.29, 0.717) is 94.7 Å². The molecule has 1 aliphatic rings. The summed E-state index contributed by atoms with van der Waals surface area (Å²) in [6.07, 6.45) is 0.762. The van der Waals surface area contributed by atoms with Crippen molar-refractivity contribution >= 4 is 39.1 Å². The van der Waals surface area contributed by atoms with Crippen molar-refractivity contribution in [1.29, 1.82) is 0 Å². The molecule has 1 aliphatic heterocycles. The molecule has 14 nitrogen and oxygen atoms in total. The number of aromatic nitrogens is 3. The Kier molecular flexibility index (Phi) is 21.4. The third-order valence-corrected chi connectivity index (χ3v) is 12.0. The third kappa shape index (κ3) is 16.8. The topological polar surface area (TPSA) is 196 Å². The molecule has 4 aromatic rings. The van der Waals surface area contributed by atoms with Gasteiger partial charge >= 0.3 is 49.4 Å². The van der Waals surface area contributed by atoms with E-state index in [1.165, 1.54) is 13.3 Å². The van der Waals surface area contributed by atoms with E-state index in [1.807, 2.05) is 56.3 Å². The van der Waals surface area contributed by atoms with Crippen molar-refractivity contribution in [3.05, 3.63) is 100.0 Å². The number of aryl methyl sites for hydroxylation is 2. The zero-order valence-corrected chi connectivity index (χ0v) is 41.4. The zero-order chi connectivity index (χ0) is 40.5. The van der Waals surface area contributed by atoms with E-state index in [2.05, 4.69) is 41.5 Å². The van der Waals surface area contributed by atoms with E-state index in [0.717, 1.165) is 28.9 Å². The van der Waals surface area contributed by atoms with Crippen LogP contribution in [0.3, 0.4) is 0 Å². The van der Waals surface area contributed by atoms with Crippen LogP contribution in [-0.4, -0.2) is 110 Å². The second-order valence-electron chi connectivity index (χ2n) is 14.4. The van der Waals surface area contributed by atoms with Crippen molar-refractivity contribution in [2.24, 2.45) is 5.73 Å². The Balaban J connectivity index is 0.00000450. The maximum Gasteiger partial charge on any atom is 3.00 e. The molecule has 1 saturated heterocycles. The number of pyridine rings is 3. The molecule has 3 aromatic heterocycles. The first-order valence-corrected chi connectivity index (χ1v) is 24.0. The maximum atomic E-state index is 12.5. The normalized spacial score (nSPS) is 16.8. The van der Waals surface area contributed by atoms with Crippen LogP contribution in [0.25, 0.3) is 0 Å². The van der Waals surface area contributed by atoms with Gasteiger partial charge in [0, 0.05) is 116 Å². The largest absolute Gasteiger partial charge is 3.00 e. The van der Waals surface area contributed by atoms with E-state index in [1.54, 1.807) is 18.2 Å². The van der Waals surface area contributed by atoms with Crippen LogP contribution in [0, 0.1) is 75.1 Å². The minimum Gasteiger partial charge on any atom is -0.494 e. The van der Waals surface area contributed by atoms with Crippen LogP contribution in [0.5, 0.6) is 5.75 Å². The average molecular weight is 1060 g/mol. The Bertz CT molecular complexity index is 2100. The van der Waals surface area contributed by atoms with Gasteiger partial charge in [0.15, 0.2) is 0 Å². The molecule has 307 valence electrons. The first-order chi connectivity index (χ1) is 26.5. The molecule has 0 amide bonds. The molecule has 1 aromatic carbocycles. The van der Waals surface area contributed by atoms with Crippen LogP contribution >= 0.6 is 22.8 Å². The molecule has 3 atom stereocenters. The van der Waals surface area contributed by atoms with Gasteiger partial charge in [0.05, 0.1) is 23.7 Å². The van der Waals surface area contributed by atoms with Gasteiger partial charge in [-0.15, -0.1) is 0 Å². The third-order valence-electron chi connectivity index (χ3n) is 9.14. The molecule has 0 bridgehead atoms. The van der Waals surface area contributed by atoms with Crippen molar-refractivity contribution in [2.75, 3.05) is 65.7 Å². The number of hydrogen-bond acceptors (Lipinski definition) is 11. The van der Waals surface area contributed by atoms with Gasteiger partial charge in [-0.3, -0.25) is 28.4 Å². The molecule has 0 saturated carbocycles. The van der Waals surface area contributed by atoms with E-state index in [9.17, 15) is 28.4 Å². The Labute approximate surface area is 408 Å². The van der Waals surface area contributed by atoms with Gasteiger partial charge < -0.3 is 25.2 Å². The molecule has 3 unspecified atom stereocenters. The van der Waals surface area contributed by atoms with Crippen molar-refractivity contribution in [3.63, 3.8) is 0 Å². The van der Waals surface area contributed by atoms with E-state index in [4.69, 9.17) is 10.5 Å². The summed E-state index contributed by atoms with van der Waals surface area (Å²) >= 11 is 0. The van der Waals surface area contributed by atoms with Gasteiger partial charge in [-0.05, 0) is 98.6 Å². The quantitative estimate of drug-likeness (QED) is 0.0867. The number of benzene rings is 1. The van der Waals surface area contributed by atoms with E-state index >= 15 is 0 Å². The summed E-state index contributed by atoms with van der Waals surface area (Å²) in [5, 5.41) is 0. The summed E-state index contributed by atoms with van der Waals surface area (Å²) < 4.78 is 43.1. The molecule has 1 fully saturated rings. The molecular formula is C39H52EuN7O7P3Y+3. The van der Waals surface area contributed by atoms with E-state index < -0.39 is 22.8 Å². The number of hydrogen-bond donors (Lipinski definition) is 4. The first kappa shape index (κ1) is 51.5. The molecule has 0 aliphatic carbocycles. The summed E-state index contributed by atoms with van der Waals surface area (Å²) in [5.41, 5.74) is 11.0. The fraction of sp³-hybridized carbons (Fsp3) is 0.410. The average Bonchev–Trinajstić information content (AvgIpc) is 3.21. The van der Waals surface area contributed by atoms with Crippen molar-refractivity contribution in [1.82, 2.24) is 29.7 Å². The molecular weight excluding hydrogens is 1010 g/mol. The zero-order valence-electron chi connectivity index (χ0n) is 33.3. The molecule has 1 radical (unpaired) electrons. The van der Waals surface area contributed by atoms with Gasteiger partial charge in [-0.1, -0.05) is 11.8 Å². The number of nitrogens with zero attached hydrogens (tertiary/aromatic N) is 6. The standard InChI is InChI=1S/C39H52N7O7P3.Eu.Y/c1-29-20-33(42-38(22-29)55(3,49)50)26-44-13-14-45(27-34-21-30(2)23-39(43-34)56(4,51)52)16-18-46(17-15-44)28-35-24-32(25-37(41-35)54(47)48)7-6-31-8-10-36(11-9-31)53-19-5-12-40;;/h8-11,20-25,54H,5,12-19,26-28,40H2,1-4H3,(H,47,48)(H,49,50)(H,51,52);;/q;+3;. The maximum absolute atomic E-state index is 12.5. The Morgan fingerprint density at radius 2 is 1.16 bits per heavy atom. The van der Waals surface area contributed by atoms with Crippen molar-refractivity contribution in [2.45, 2.75) is 39.9 Å². The van der Waals surface area contributed by atoms with E-state index in [-0.39, 0.29) is 98.4 Å². The minimum absolute atomic E-state index is 0. The molecule has 5 N–H and O–H groups in total. The first-order valence-electron chi connectivity index (χ1n) is 18.5. The minimum atomic E-state index is -3.56. The number of nitrogens with two attached hydrogens (primary N) is 1. The van der Waals surface area contributed by atoms with Crippen LogP contribution in [0.4, 0.5) is 0 Å². The molecule has 5 rings (SSSR count). The summed E-state index contributed by atoms with van der Waals surface area (Å²) in [7, 11) is -10.2. The Hall–Kier alpha value is -0.872. The summed E-state index contributed by atoms with van der Waals surface area (Å²) in [4.78, 5) is 51.1. The van der Waals surface area contributed by atoms with Gasteiger partial charge in [0.2, 0.25) is 22.8 Å². The van der Waals surface area contributed by atoms with Gasteiger partial charge in [-0.25, -0.2) is 15.0 Å². The fourth-order valence-corrected chi connectivity index (χ4v) is 8.31. The van der Waals surface area contributed by atoms with Crippen LogP contribution in [0.1, 0.15) is 45.8 Å². The summed E-state index contributed by atoms with van der Waals surface area (Å²) in [5.74, 6) is 7.01. The van der Waals surface area contributed by atoms with Gasteiger partial charge in [0.25, 0.3) is 0 Å². The smallest absolute Gasteiger partial charge is 0.494 e. The Morgan fingerprint density at radius 1 is 0.724 bits per heavy atom. The molecule has 58 heavy (non-hydrogen) atoms. The monoisotopic (exact) mass is 1070 g/mol. The predicted octanol–water partition coefficient (Wildman–Crippen LogP) is 2.58. The van der Waals surface area contributed by atoms with Crippen LogP contribution in [-0.2, 0) is 66.0 Å². The van der Waals surface area contributed by atoms with Crippen LogP contribution < -0.4 is 26.8 Å². The van der Waals surface area contributed by atoms with Gasteiger partial charge in [-0.2, -0.15) is 0 Å². The molecule has 19 heteroatoms. The molecule has 4 heterocycles. The second kappa shape index (κ2) is 24.1. The number of ether oxygens (including phenoxy) is 1. The second-order valence-corrected chi connectivity index (χ2v) is 19.9. The van der Waals surface area contributed by atoms with Gasteiger partial charge in [0.1, 0.15) is 22.1 Å². The van der Waals surface area contributed by atoms with Crippen LogP contribution in [0.15, 0.2) is 60.7 Å². The van der Waals surface area contributed by atoms with Crippen molar-refractivity contribution in [3.8, 4) is 17.6 Å². The van der Waals surface area contributed by atoms with Crippen LogP contribution in [0.2, 0.25) is 0 Å². The predicted molar refractivity (Wildman–Crippen MR) is 221 cm³/mol. The summed E-state index contributed by atoms with van der Waals surface area (Å²) in [6.45, 7) is 12.6. The SMILES string of the molecule is Cc1cc(CN2CCN(Cc3cc(C#Cc4ccc(OCCCN)cc4)cc([PH](=O)O)n3)CCN(Cc3cc(C)cc(P(C)(=O)O)n3)CC2)nc(P(C)(=O)O)c1.[Eu+3].[Y]. The van der Waals surface area contributed by atoms with Crippen molar-refractivity contribution < 1.29 is 115 Å². The number of rotatable bonds is 13.